The van der Waals surface area contributed by atoms with Crippen molar-refractivity contribution < 1.29 is 9.90 Å². The molecule has 16 heavy (non-hydrogen) atoms. The van der Waals surface area contributed by atoms with Crippen LogP contribution < -0.4 is 5.73 Å². The average molecular weight is 346 g/mol. The van der Waals surface area contributed by atoms with Crippen LogP contribution in [0, 0.1) is 11.3 Å². The van der Waals surface area contributed by atoms with Gasteiger partial charge in [0.1, 0.15) is 17.4 Å². The van der Waals surface area contributed by atoms with Crippen molar-refractivity contribution in [1.82, 2.24) is 0 Å². The largest absolute Gasteiger partial charge is 0.506 e. The molecule has 0 aliphatic rings. The van der Waals surface area contributed by atoms with Crippen molar-refractivity contribution >= 4 is 43.8 Å². The van der Waals surface area contributed by atoms with E-state index in [0.29, 0.717) is 14.5 Å². The second-order valence-electron chi connectivity index (χ2n) is 2.86. The first-order valence-electron chi connectivity index (χ1n) is 4.05. The highest BCUT2D eigenvalue weighted by Crippen LogP contribution is 2.32. The number of amides is 1. The zero-order chi connectivity index (χ0) is 12.3. The number of hydrogen-bond donors (Lipinski definition) is 2. The summed E-state index contributed by atoms with van der Waals surface area (Å²) in [5.74, 6) is -0.893. The van der Waals surface area contributed by atoms with Gasteiger partial charge >= 0.3 is 0 Å². The minimum atomic E-state index is -0.835. The lowest BCUT2D eigenvalue weighted by Crippen LogP contribution is -2.12. The number of carbonyl (C=O) groups is 1. The Morgan fingerprint density at radius 1 is 1.50 bits per heavy atom. The summed E-state index contributed by atoms with van der Waals surface area (Å²) in [6.45, 7) is 0. The number of halogens is 2. The van der Waals surface area contributed by atoms with Crippen molar-refractivity contribution in [2.75, 3.05) is 0 Å². The number of nitriles is 1. The summed E-state index contributed by atoms with van der Waals surface area (Å²) in [5.41, 5.74) is 5.09. The normalized spacial score (nSPS) is 10.9. The summed E-state index contributed by atoms with van der Waals surface area (Å²) in [6, 6.07) is 4.87. The smallest absolute Gasteiger partial charge is 0.259 e. The SMILES string of the molecule is N#C/C(=C/c1cc(Br)cc(Br)c1O)C(N)=O. The van der Waals surface area contributed by atoms with Crippen LogP contribution in [0.25, 0.3) is 6.08 Å². The van der Waals surface area contributed by atoms with E-state index >= 15 is 0 Å². The van der Waals surface area contributed by atoms with E-state index in [9.17, 15) is 9.90 Å². The predicted octanol–water partition coefficient (Wildman–Crippen LogP) is 2.31. The van der Waals surface area contributed by atoms with Crippen LogP contribution in [0.1, 0.15) is 5.56 Å². The van der Waals surface area contributed by atoms with Gasteiger partial charge in [-0.05, 0) is 34.1 Å². The maximum Gasteiger partial charge on any atom is 0.259 e. The first-order valence-corrected chi connectivity index (χ1v) is 5.64. The molecule has 0 unspecified atom stereocenters. The number of carbonyl (C=O) groups excluding carboxylic acids is 1. The van der Waals surface area contributed by atoms with Crippen LogP contribution in [0.2, 0.25) is 0 Å². The molecule has 0 saturated carbocycles. The van der Waals surface area contributed by atoms with E-state index in [4.69, 9.17) is 11.0 Å². The summed E-state index contributed by atoms with van der Waals surface area (Å²) in [4.78, 5) is 10.8. The van der Waals surface area contributed by atoms with Gasteiger partial charge in [-0.2, -0.15) is 5.26 Å². The average Bonchev–Trinajstić information content (AvgIpc) is 2.20. The summed E-state index contributed by atoms with van der Waals surface area (Å²) in [6.07, 6.45) is 1.23. The van der Waals surface area contributed by atoms with E-state index in [-0.39, 0.29) is 11.3 Å². The van der Waals surface area contributed by atoms with Gasteiger partial charge in [0.25, 0.3) is 5.91 Å². The fourth-order valence-corrected chi connectivity index (χ4v) is 2.27. The molecule has 0 atom stereocenters. The second kappa shape index (κ2) is 5.14. The molecule has 82 valence electrons. The summed E-state index contributed by atoms with van der Waals surface area (Å²) in [7, 11) is 0. The van der Waals surface area contributed by atoms with E-state index in [2.05, 4.69) is 31.9 Å². The molecular formula is C10H6Br2N2O2. The van der Waals surface area contributed by atoms with E-state index in [1.807, 2.05) is 0 Å². The Morgan fingerprint density at radius 2 is 2.12 bits per heavy atom. The molecular weight excluding hydrogens is 340 g/mol. The maximum atomic E-state index is 10.8. The lowest BCUT2D eigenvalue weighted by atomic mass is 10.1. The van der Waals surface area contributed by atoms with Crippen molar-refractivity contribution in [3.63, 3.8) is 0 Å². The van der Waals surface area contributed by atoms with Crippen LogP contribution in [-0.2, 0) is 4.79 Å². The Balaban J connectivity index is 3.35. The summed E-state index contributed by atoms with van der Waals surface area (Å²) >= 11 is 6.36. The number of rotatable bonds is 2. The Labute approximate surface area is 109 Å². The Morgan fingerprint density at radius 3 is 2.62 bits per heavy atom. The molecule has 1 aromatic rings. The van der Waals surface area contributed by atoms with Crippen LogP contribution in [0.3, 0.4) is 0 Å². The van der Waals surface area contributed by atoms with Crippen molar-refractivity contribution in [2.45, 2.75) is 0 Å². The topological polar surface area (TPSA) is 87.1 Å². The van der Waals surface area contributed by atoms with Gasteiger partial charge in [0.2, 0.25) is 0 Å². The van der Waals surface area contributed by atoms with Gasteiger partial charge in [-0.15, -0.1) is 0 Å². The first-order chi connectivity index (χ1) is 7.45. The number of hydrogen-bond acceptors (Lipinski definition) is 3. The Kier molecular flexibility index (Phi) is 4.10. The van der Waals surface area contributed by atoms with Gasteiger partial charge in [-0.25, -0.2) is 0 Å². The molecule has 0 aromatic heterocycles. The lowest BCUT2D eigenvalue weighted by Gasteiger charge is -2.03. The third kappa shape index (κ3) is 2.84. The molecule has 0 bridgehead atoms. The fraction of sp³-hybridized carbons (Fsp3) is 0. The van der Waals surface area contributed by atoms with E-state index in [1.165, 1.54) is 6.08 Å². The summed E-state index contributed by atoms with van der Waals surface area (Å²) in [5, 5.41) is 18.3. The number of phenols is 1. The number of aromatic hydroxyl groups is 1. The molecule has 1 amide bonds. The van der Waals surface area contributed by atoms with Crippen LogP contribution >= 0.6 is 31.9 Å². The van der Waals surface area contributed by atoms with Crippen molar-refractivity contribution in [1.29, 1.82) is 5.26 Å². The molecule has 3 N–H and O–H groups in total. The first kappa shape index (κ1) is 12.7. The standard InChI is InChI=1S/C10H6Br2N2O2/c11-7-2-5(9(15)8(12)3-7)1-6(4-13)10(14)16/h1-3,15H,(H2,14,16)/b6-1-. The van der Waals surface area contributed by atoms with E-state index < -0.39 is 5.91 Å². The minimum absolute atomic E-state index is 0.0581. The van der Waals surface area contributed by atoms with E-state index in [0.717, 1.165) is 0 Å². The van der Waals surface area contributed by atoms with Gasteiger partial charge in [0, 0.05) is 10.0 Å². The molecule has 1 aromatic carbocycles. The van der Waals surface area contributed by atoms with Gasteiger partial charge < -0.3 is 10.8 Å². The van der Waals surface area contributed by atoms with Gasteiger partial charge in [0.05, 0.1) is 4.47 Å². The third-order valence-corrected chi connectivity index (χ3v) is 2.81. The number of nitrogens with zero attached hydrogens (tertiary/aromatic N) is 1. The maximum absolute atomic E-state index is 10.8. The zero-order valence-corrected chi connectivity index (χ0v) is 11.0. The van der Waals surface area contributed by atoms with Gasteiger partial charge in [0.15, 0.2) is 0 Å². The molecule has 0 radical (unpaired) electrons. The molecule has 0 aliphatic heterocycles. The summed E-state index contributed by atoms with van der Waals surface area (Å²) < 4.78 is 1.15. The second-order valence-corrected chi connectivity index (χ2v) is 4.63. The molecule has 4 nitrogen and oxygen atoms in total. The number of primary amides is 1. The minimum Gasteiger partial charge on any atom is -0.506 e. The number of phenolic OH excluding ortho intramolecular Hbond substituents is 1. The van der Waals surface area contributed by atoms with Gasteiger partial charge in [-0.3, -0.25) is 4.79 Å². The molecule has 0 saturated heterocycles. The van der Waals surface area contributed by atoms with E-state index in [1.54, 1.807) is 18.2 Å². The molecule has 6 heteroatoms. The van der Waals surface area contributed by atoms with Gasteiger partial charge in [-0.1, -0.05) is 15.9 Å². The van der Waals surface area contributed by atoms with Crippen LogP contribution in [0.15, 0.2) is 26.7 Å². The quantitative estimate of drug-likeness (QED) is 0.636. The molecule has 0 aliphatic carbocycles. The lowest BCUT2D eigenvalue weighted by molar-refractivity contribution is -0.114. The highest BCUT2D eigenvalue weighted by molar-refractivity contribution is 9.11. The fourth-order valence-electron chi connectivity index (χ4n) is 1.01. The van der Waals surface area contributed by atoms with Crippen molar-refractivity contribution in [2.24, 2.45) is 5.73 Å². The monoisotopic (exact) mass is 344 g/mol. The van der Waals surface area contributed by atoms with Crippen molar-refractivity contribution in [3.8, 4) is 11.8 Å². The third-order valence-electron chi connectivity index (χ3n) is 1.74. The molecule has 0 fully saturated rings. The van der Waals surface area contributed by atoms with Crippen molar-refractivity contribution in [3.05, 3.63) is 32.2 Å². The van der Waals surface area contributed by atoms with Crippen LogP contribution in [-0.4, -0.2) is 11.0 Å². The predicted molar refractivity (Wildman–Crippen MR) is 66.3 cm³/mol. The Hall–Kier alpha value is -1.32. The van der Waals surface area contributed by atoms with Crippen LogP contribution in [0.4, 0.5) is 0 Å². The highest BCUT2D eigenvalue weighted by atomic mass is 79.9. The highest BCUT2D eigenvalue weighted by Gasteiger charge is 2.09. The molecule has 0 heterocycles. The number of nitrogens with two attached hydrogens (primary N) is 1. The van der Waals surface area contributed by atoms with Crippen LogP contribution in [0.5, 0.6) is 5.75 Å². The zero-order valence-electron chi connectivity index (χ0n) is 7.87. The molecule has 1 rings (SSSR count). The molecule has 0 spiro atoms. The Bertz CT molecular complexity index is 518. The number of benzene rings is 1.